The minimum atomic E-state index is -0.615. The molecular formula is C5H3ClFNO. The van der Waals surface area contributed by atoms with Gasteiger partial charge in [-0.1, -0.05) is 11.6 Å². The Balaban J connectivity index is 3.34. The molecule has 4 heteroatoms. The number of aromatic amines is 1. The zero-order valence-electron chi connectivity index (χ0n) is 4.32. The van der Waals surface area contributed by atoms with Crippen molar-refractivity contribution in [3.8, 4) is 0 Å². The lowest BCUT2D eigenvalue weighted by Crippen LogP contribution is -2.02. The second-order valence-electron chi connectivity index (χ2n) is 1.49. The summed E-state index contributed by atoms with van der Waals surface area (Å²) in [6.45, 7) is 0. The van der Waals surface area contributed by atoms with Crippen LogP contribution in [0.4, 0.5) is 4.39 Å². The van der Waals surface area contributed by atoms with E-state index in [1.54, 1.807) is 0 Å². The fourth-order valence-corrected chi connectivity index (χ4v) is 0.583. The molecule has 0 aromatic carbocycles. The average Bonchev–Trinajstić information content (AvgIpc) is 1.80. The van der Waals surface area contributed by atoms with E-state index in [1.807, 2.05) is 0 Å². The molecule has 1 N–H and O–H groups in total. The van der Waals surface area contributed by atoms with Gasteiger partial charge in [-0.3, -0.25) is 4.79 Å². The van der Waals surface area contributed by atoms with Crippen LogP contribution in [-0.4, -0.2) is 4.98 Å². The summed E-state index contributed by atoms with van der Waals surface area (Å²) >= 11 is 5.22. The Labute approximate surface area is 55.3 Å². The van der Waals surface area contributed by atoms with Gasteiger partial charge >= 0.3 is 0 Å². The fourth-order valence-electron chi connectivity index (χ4n) is 0.429. The molecule has 0 fully saturated rings. The first kappa shape index (κ1) is 6.29. The molecule has 2 nitrogen and oxygen atoms in total. The quantitative estimate of drug-likeness (QED) is 0.587. The predicted molar refractivity (Wildman–Crippen MR) is 32.0 cm³/mol. The van der Waals surface area contributed by atoms with E-state index in [0.29, 0.717) is 0 Å². The van der Waals surface area contributed by atoms with Gasteiger partial charge in [0.05, 0.1) is 5.02 Å². The van der Waals surface area contributed by atoms with E-state index in [1.165, 1.54) is 0 Å². The monoisotopic (exact) mass is 147 g/mol. The van der Waals surface area contributed by atoms with Crippen LogP contribution in [0.15, 0.2) is 17.1 Å². The van der Waals surface area contributed by atoms with Crippen LogP contribution in [0.25, 0.3) is 0 Å². The van der Waals surface area contributed by atoms with Crippen molar-refractivity contribution < 1.29 is 4.39 Å². The highest BCUT2D eigenvalue weighted by atomic mass is 35.5. The number of aromatic nitrogens is 1. The van der Waals surface area contributed by atoms with E-state index in [4.69, 9.17) is 11.6 Å². The SMILES string of the molecule is O=c1cc(Cl)c(F)c[nH]1. The molecule has 0 aliphatic rings. The van der Waals surface area contributed by atoms with Gasteiger partial charge in [-0.05, 0) is 0 Å². The standard InChI is InChI=1S/C5H3ClFNO/c6-3-1-5(9)8-2-4(3)7/h1-2H,(H,8,9). The van der Waals surface area contributed by atoms with Crippen LogP contribution >= 0.6 is 11.6 Å². The largest absolute Gasteiger partial charge is 0.326 e. The second-order valence-corrected chi connectivity index (χ2v) is 1.90. The normalized spacial score (nSPS) is 9.56. The van der Waals surface area contributed by atoms with Crippen molar-refractivity contribution in [3.63, 3.8) is 0 Å². The lowest BCUT2D eigenvalue weighted by atomic mass is 10.5. The summed E-state index contributed by atoms with van der Waals surface area (Å²) in [6, 6.07) is 0.983. The number of halogens is 2. The van der Waals surface area contributed by atoms with Crippen molar-refractivity contribution in [1.82, 2.24) is 4.98 Å². The van der Waals surface area contributed by atoms with Crippen LogP contribution in [0.1, 0.15) is 0 Å². The molecule has 0 unspecified atom stereocenters. The van der Waals surface area contributed by atoms with Gasteiger partial charge in [-0.25, -0.2) is 4.39 Å². The first-order valence-electron chi connectivity index (χ1n) is 2.24. The number of H-pyrrole nitrogens is 1. The van der Waals surface area contributed by atoms with Crippen molar-refractivity contribution >= 4 is 11.6 Å². The molecule has 0 spiro atoms. The Morgan fingerprint density at radius 1 is 1.67 bits per heavy atom. The molecule has 0 amide bonds. The van der Waals surface area contributed by atoms with E-state index < -0.39 is 11.4 Å². The van der Waals surface area contributed by atoms with Crippen LogP contribution < -0.4 is 5.56 Å². The van der Waals surface area contributed by atoms with E-state index in [9.17, 15) is 9.18 Å². The maximum absolute atomic E-state index is 12.2. The molecule has 0 atom stereocenters. The molecular weight excluding hydrogens is 145 g/mol. The molecule has 48 valence electrons. The minimum Gasteiger partial charge on any atom is -0.326 e. The Kier molecular flexibility index (Phi) is 1.53. The molecule has 0 saturated heterocycles. The lowest BCUT2D eigenvalue weighted by molar-refractivity contribution is 0.620. The van der Waals surface area contributed by atoms with Gasteiger partial charge in [0.1, 0.15) is 0 Å². The maximum atomic E-state index is 12.2. The first-order chi connectivity index (χ1) is 4.20. The summed E-state index contributed by atoms with van der Waals surface area (Å²) < 4.78 is 12.2. The summed E-state index contributed by atoms with van der Waals surface area (Å²) in [5.74, 6) is -0.615. The van der Waals surface area contributed by atoms with Gasteiger partial charge in [-0.15, -0.1) is 0 Å². The van der Waals surface area contributed by atoms with Gasteiger partial charge in [0.15, 0.2) is 5.82 Å². The highest BCUT2D eigenvalue weighted by Gasteiger charge is 1.95. The summed E-state index contributed by atoms with van der Waals surface area (Å²) in [6.07, 6.45) is 0.921. The first-order valence-corrected chi connectivity index (χ1v) is 2.61. The summed E-state index contributed by atoms with van der Waals surface area (Å²) in [4.78, 5) is 12.5. The van der Waals surface area contributed by atoms with E-state index in [0.717, 1.165) is 12.3 Å². The molecule has 0 saturated carbocycles. The van der Waals surface area contributed by atoms with Gasteiger partial charge in [0, 0.05) is 12.3 Å². The molecule has 1 aromatic rings. The Morgan fingerprint density at radius 2 is 2.33 bits per heavy atom. The molecule has 0 aliphatic heterocycles. The number of pyridine rings is 1. The third-order valence-corrected chi connectivity index (χ3v) is 1.12. The Hall–Kier alpha value is -0.830. The zero-order valence-corrected chi connectivity index (χ0v) is 5.07. The van der Waals surface area contributed by atoms with Crippen molar-refractivity contribution in [3.05, 3.63) is 33.5 Å². The number of rotatable bonds is 0. The zero-order chi connectivity index (χ0) is 6.85. The molecule has 1 rings (SSSR count). The van der Waals surface area contributed by atoms with Gasteiger partial charge in [0.2, 0.25) is 5.56 Å². The molecule has 0 radical (unpaired) electrons. The van der Waals surface area contributed by atoms with E-state index in [2.05, 4.69) is 4.98 Å². The topological polar surface area (TPSA) is 32.9 Å². The summed E-state index contributed by atoms with van der Waals surface area (Å²) in [7, 11) is 0. The lowest BCUT2D eigenvalue weighted by Gasteiger charge is -1.87. The Morgan fingerprint density at radius 3 is 2.78 bits per heavy atom. The van der Waals surface area contributed by atoms with E-state index >= 15 is 0 Å². The van der Waals surface area contributed by atoms with Crippen LogP contribution in [0.2, 0.25) is 5.02 Å². The summed E-state index contributed by atoms with van der Waals surface area (Å²) in [5, 5.41) is -0.154. The molecule has 0 aliphatic carbocycles. The van der Waals surface area contributed by atoms with Crippen LogP contribution in [0.3, 0.4) is 0 Å². The van der Waals surface area contributed by atoms with Gasteiger partial charge in [0.25, 0.3) is 0 Å². The number of hydrogen-bond acceptors (Lipinski definition) is 1. The Bertz CT molecular complexity index is 270. The van der Waals surface area contributed by atoms with Crippen LogP contribution in [0.5, 0.6) is 0 Å². The molecule has 9 heavy (non-hydrogen) atoms. The molecule has 1 aromatic heterocycles. The highest BCUT2D eigenvalue weighted by molar-refractivity contribution is 6.30. The molecule has 0 bridgehead atoms. The summed E-state index contributed by atoms with van der Waals surface area (Å²) in [5.41, 5.74) is -0.401. The van der Waals surface area contributed by atoms with E-state index in [-0.39, 0.29) is 5.02 Å². The van der Waals surface area contributed by atoms with Crippen molar-refractivity contribution in [2.75, 3.05) is 0 Å². The maximum Gasteiger partial charge on any atom is 0.249 e. The smallest absolute Gasteiger partial charge is 0.249 e. The third-order valence-electron chi connectivity index (χ3n) is 0.827. The van der Waals surface area contributed by atoms with Crippen LogP contribution in [-0.2, 0) is 0 Å². The minimum absolute atomic E-state index is 0.154. The van der Waals surface area contributed by atoms with Crippen LogP contribution in [0, 0.1) is 5.82 Å². The van der Waals surface area contributed by atoms with Gasteiger partial charge < -0.3 is 4.98 Å². The second kappa shape index (κ2) is 2.19. The number of nitrogens with one attached hydrogen (secondary N) is 1. The average molecular weight is 148 g/mol. The number of hydrogen-bond donors (Lipinski definition) is 1. The predicted octanol–water partition coefficient (Wildman–Crippen LogP) is 1.17. The molecule has 1 heterocycles. The highest BCUT2D eigenvalue weighted by Crippen LogP contribution is 2.07. The third kappa shape index (κ3) is 1.29. The van der Waals surface area contributed by atoms with Crippen molar-refractivity contribution in [2.45, 2.75) is 0 Å². The van der Waals surface area contributed by atoms with Crippen molar-refractivity contribution in [2.24, 2.45) is 0 Å². The fraction of sp³-hybridized carbons (Fsp3) is 0. The van der Waals surface area contributed by atoms with Gasteiger partial charge in [-0.2, -0.15) is 0 Å². The van der Waals surface area contributed by atoms with Crippen molar-refractivity contribution in [1.29, 1.82) is 0 Å².